The van der Waals surface area contributed by atoms with E-state index in [1.54, 1.807) is 12.1 Å². The minimum absolute atomic E-state index is 0.0127. The SMILES string of the molecule is O=C(CN1CSCC1=O)NCCc1ccc(F)cc1. The van der Waals surface area contributed by atoms with Crippen molar-refractivity contribution < 1.29 is 14.0 Å². The first-order chi connectivity index (χ1) is 9.15. The maximum atomic E-state index is 12.7. The topological polar surface area (TPSA) is 49.4 Å². The van der Waals surface area contributed by atoms with Gasteiger partial charge in [0, 0.05) is 6.54 Å². The zero-order valence-corrected chi connectivity index (χ0v) is 11.2. The van der Waals surface area contributed by atoms with E-state index in [9.17, 15) is 14.0 Å². The summed E-state index contributed by atoms with van der Waals surface area (Å²) in [5.74, 6) is 0.641. The Bertz CT molecular complexity index is 464. The van der Waals surface area contributed by atoms with E-state index in [1.807, 2.05) is 0 Å². The molecule has 0 aromatic heterocycles. The van der Waals surface area contributed by atoms with Crippen LogP contribution in [0, 0.1) is 5.82 Å². The number of amides is 2. The van der Waals surface area contributed by atoms with Crippen LogP contribution >= 0.6 is 11.8 Å². The van der Waals surface area contributed by atoms with Crippen LogP contribution in [0.2, 0.25) is 0 Å². The summed E-state index contributed by atoms with van der Waals surface area (Å²) < 4.78 is 12.7. The Hall–Kier alpha value is -1.56. The highest BCUT2D eigenvalue weighted by atomic mass is 32.2. The van der Waals surface area contributed by atoms with Crippen LogP contribution in [-0.4, -0.2) is 41.4 Å². The molecule has 1 saturated heterocycles. The minimum Gasteiger partial charge on any atom is -0.354 e. The smallest absolute Gasteiger partial charge is 0.239 e. The van der Waals surface area contributed by atoms with Gasteiger partial charge in [-0.3, -0.25) is 9.59 Å². The Morgan fingerprint density at radius 3 is 2.74 bits per heavy atom. The van der Waals surface area contributed by atoms with Crippen molar-refractivity contribution in [3.8, 4) is 0 Å². The van der Waals surface area contributed by atoms with Gasteiger partial charge in [-0.05, 0) is 24.1 Å². The summed E-state index contributed by atoms with van der Waals surface area (Å²) in [4.78, 5) is 24.5. The molecule has 1 heterocycles. The number of nitrogens with one attached hydrogen (secondary N) is 1. The van der Waals surface area contributed by atoms with Crippen LogP contribution in [0.3, 0.4) is 0 Å². The average Bonchev–Trinajstić information content (AvgIpc) is 2.78. The van der Waals surface area contributed by atoms with Crippen molar-refractivity contribution in [2.75, 3.05) is 24.7 Å². The highest BCUT2D eigenvalue weighted by molar-refractivity contribution is 8.00. The number of hydrogen-bond donors (Lipinski definition) is 1. The van der Waals surface area contributed by atoms with Crippen molar-refractivity contribution in [2.24, 2.45) is 0 Å². The molecule has 0 unspecified atom stereocenters. The van der Waals surface area contributed by atoms with E-state index < -0.39 is 0 Å². The van der Waals surface area contributed by atoms with Crippen LogP contribution in [-0.2, 0) is 16.0 Å². The van der Waals surface area contributed by atoms with Crippen LogP contribution < -0.4 is 5.32 Å². The van der Waals surface area contributed by atoms with E-state index in [-0.39, 0.29) is 24.2 Å². The zero-order chi connectivity index (χ0) is 13.7. The molecule has 6 heteroatoms. The van der Waals surface area contributed by atoms with E-state index in [2.05, 4.69) is 5.32 Å². The summed E-state index contributed by atoms with van der Waals surface area (Å²) in [7, 11) is 0. The van der Waals surface area contributed by atoms with Gasteiger partial charge in [0.05, 0.1) is 11.6 Å². The van der Waals surface area contributed by atoms with Crippen molar-refractivity contribution in [3.63, 3.8) is 0 Å². The maximum absolute atomic E-state index is 12.7. The Kier molecular flexibility index (Phi) is 4.79. The minimum atomic E-state index is -0.266. The Balaban J connectivity index is 1.69. The lowest BCUT2D eigenvalue weighted by atomic mass is 10.1. The quantitative estimate of drug-likeness (QED) is 0.877. The van der Waals surface area contributed by atoms with Crippen LogP contribution in [0.5, 0.6) is 0 Å². The third kappa shape index (κ3) is 4.24. The summed E-state index contributed by atoms with van der Waals surface area (Å²) in [5.41, 5.74) is 0.967. The maximum Gasteiger partial charge on any atom is 0.239 e. The molecule has 0 spiro atoms. The first kappa shape index (κ1) is 13.9. The lowest BCUT2D eigenvalue weighted by Gasteiger charge is -2.14. The van der Waals surface area contributed by atoms with E-state index in [0.29, 0.717) is 24.6 Å². The summed E-state index contributed by atoms with van der Waals surface area (Å²) in [6.45, 7) is 0.606. The van der Waals surface area contributed by atoms with Gasteiger partial charge in [-0.25, -0.2) is 4.39 Å². The molecule has 0 bridgehead atoms. The Morgan fingerprint density at radius 1 is 1.37 bits per heavy atom. The Labute approximate surface area is 115 Å². The fourth-order valence-electron chi connectivity index (χ4n) is 1.77. The fourth-order valence-corrected chi connectivity index (χ4v) is 2.67. The number of rotatable bonds is 5. The molecular formula is C13H15FN2O2S. The van der Waals surface area contributed by atoms with E-state index in [1.165, 1.54) is 28.8 Å². The molecule has 1 aliphatic heterocycles. The molecule has 19 heavy (non-hydrogen) atoms. The Morgan fingerprint density at radius 2 is 2.11 bits per heavy atom. The van der Waals surface area contributed by atoms with Crippen LogP contribution in [0.15, 0.2) is 24.3 Å². The molecule has 0 saturated carbocycles. The lowest BCUT2D eigenvalue weighted by molar-refractivity contribution is -0.132. The highest BCUT2D eigenvalue weighted by Gasteiger charge is 2.22. The second-order valence-electron chi connectivity index (χ2n) is 4.30. The van der Waals surface area contributed by atoms with Gasteiger partial charge in [-0.15, -0.1) is 11.8 Å². The van der Waals surface area contributed by atoms with Crippen LogP contribution in [0.1, 0.15) is 5.56 Å². The summed E-state index contributed by atoms with van der Waals surface area (Å²) in [6, 6.07) is 6.19. The average molecular weight is 282 g/mol. The fraction of sp³-hybridized carbons (Fsp3) is 0.385. The normalized spacial score (nSPS) is 14.8. The lowest BCUT2D eigenvalue weighted by Crippen LogP contribution is -2.38. The molecule has 4 nitrogen and oxygen atoms in total. The van der Waals surface area contributed by atoms with Crippen molar-refractivity contribution in [2.45, 2.75) is 6.42 Å². The van der Waals surface area contributed by atoms with Gasteiger partial charge in [-0.1, -0.05) is 12.1 Å². The molecule has 1 aliphatic rings. The standard InChI is InChI=1S/C13H15FN2O2S/c14-11-3-1-10(2-4-11)5-6-15-12(17)7-16-9-19-8-13(16)18/h1-4H,5-9H2,(H,15,17). The molecule has 1 N–H and O–H groups in total. The van der Waals surface area contributed by atoms with Crippen molar-refractivity contribution >= 4 is 23.6 Å². The van der Waals surface area contributed by atoms with E-state index in [0.717, 1.165) is 5.56 Å². The van der Waals surface area contributed by atoms with Gasteiger partial charge in [0.1, 0.15) is 12.4 Å². The van der Waals surface area contributed by atoms with Gasteiger partial charge in [0.2, 0.25) is 11.8 Å². The largest absolute Gasteiger partial charge is 0.354 e. The second kappa shape index (κ2) is 6.56. The van der Waals surface area contributed by atoms with Crippen molar-refractivity contribution in [1.29, 1.82) is 0 Å². The molecule has 0 atom stereocenters. The number of benzene rings is 1. The van der Waals surface area contributed by atoms with Gasteiger partial charge in [-0.2, -0.15) is 0 Å². The van der Waals surface area contributed by atoms with E-state index >= 15 is 0 Å². The summed E-state index contributed by atoms with van der Waals surface area (Å²) in [6.07, 6.45) is 0.648. The number of carbonyl (C=O) groups excluding carboxylic acids is 2. The molecular weight excluding hydrogens is 267 g/mol. The monoisotopic (exact) mass is 282 g/mol. The summed E-state index contributed by atoms with van der Waals surface area (Å²) in [5, 5.41) is 2.76. The van der Waals surface area contributed by atoms with Crippen molar-refractivity contribution in [1.82, 2.24) is 10.2 Å². The third-order valence-electron chi connectivity index (χ3n) is 2.81. The predicted octanol–water partition coefficient (Wildman–Crippen LogP) is 1.02. The molecule has 1 fully saturated rings. The number of carbonyl (C=O) groups is 2. The predicted molar refractivity (Wildman–Crippen MR) is 72.2 cm³/mol. The van der Waals surface area contributed by atoms with Crippen molar-refractivity contribution in [3.05, 3.63) is 35.6 Å². The second-order valence-corrected chi connectivity index (χ2v) is 5.25. The molecule has 1 aromatic rings. The van der Waals surface area contributed by atoms with Gasteiger partial charge in [0.25, 0.3) is 0 Å². The first-order valence-corrected chi connectivity index (χ1v) is 7.17. The van der Waals surface area contributed by atoms with Crippen LogP contribution in [0.25, 0.3) is 0 Å². The zero-order valence-electron chi connectivity index (χ0n) is 10.4. The molecule has 2 amide bonds. The van der Waals surface area contributed by atoms with Crippen LogP contribution in [0.4, 0.5) is 4.39 Å². The highest BCUT2D eigenvalue weighted by Crippen LogP contribution is 2.13. The number of halogens is 1. The molecule has 0 radical (unpaired) electrons. The first-order valence-electron chi connectivity index (χ1n) is 6.02. The third-order valence-corrected chi connectivity index (χ3v) is 3.75. The summed E-state index contributed by atoms with van der Waals surface area (Å²) >= 11 is 1.52. The molecule has 1 aromatic carbocycles. The number of hydrogen-bond acceptors (Lipinski definition) is 3. The molecule has 102 valence electrons. The number of nitrogens with zero attached hydrogens (tertiary/aromatic N) is 1. The van der Waals surface area contributed by atoms with Gasteiger partial charge < -0.3 is 10.2 Å². The number of thioether (sulfide) groups is 1. The molecule has 0 aliphatic carbocycles. The van der Waals surface area contributed by atoms with E-state index in [4.69, 9.17) is 0 Å². The molecule has 2 rings (SSSR count). The van der Waals surface area contributed by atoms with Gasteiger partial charge in [0.15, 0.2) is 0 Å². The van der Waals surface area contributed by atoms with Gasteiger partial charge >= 0.3 is 0 Å².